The van der Waals surface area contributed by atoms with Gasteiger partial charge in [-0.05, 0) is 55.0 Å². The Kier molecular flexibility index (Phi) is 7.25. The van der Waals surface area contributed by atoms with Crippen LogP contribution in [0, 0.1) is 11.3 Å². The van der Waals surface area contributed by atoms with Crippen LogP contribution in [-0.4, -0.2) is 37.9 Å². The van der Waals surface area contributed by atoms with Gasteiger partial charge in [0.2, 0.25) is 10.0 Å². The van der Waals surface area contributed by atoms with E-state index in [1.165, 1.54) is 30.3 Å². The lowest BCUT2D eigenvalue weighted by atomic mass is 10.1. The summed E-state index contributed by atoms with van der Waals surface area (Å²) in [5, 5.41) is 17.3. The number of aliphatic carboxylic acids is 1. The fourth-order valence-electron chi connectivity index (χ4n) is 2.19. The highest BCUT2D eigenvalue weighted by Gasteiger charge is 2.15. The number of carboxylic acids is 1. The molecule has 0 fully saturated rings. The van der Waals surface area contributed by atoms with Crippen molar-refractivity contribution in [3.63, 3.8) is 0 Å². The molecule has 0 aromatic heterocycles. The highest BCUT2D eigenvalue weighted by molar-refractivity contribution is 7.89. The van der Waals surface area contributed by atoms with Gasteiger partial charge in [0.15, 0.2) is 11.9 Å². The third kappa shape index (κ3) is 6.57. The molecule has 0 radical (unpaired) electrons. The van der Waals surface area contributed by atoms with Crippen LogP contribution in [0.1, 0.15) is 22.8 Å². The monoisotopic (exact) mass is 414 g/mol. The normalized spacial score (nSPS) is 12.3. The lowest BCUT2D eigenvalue weighted by molar-refractivity contribution is -0.135. The summed E-state index contributed by atoms with van der Waals surface area (Å²) in [5.74, 6) is -1.09. The van der Waals surface area contributed by atoms with Gasteiger partial charge in [0.05, 0.1) is 4.90 Å². The summed E-state index contributed by atoms with van der Waals surface area (Å²) in [5.41, 5.74) is 1.02. The summed E-state index contributed by atoms with van der Waals surface area (Å²) in [6, 6.07) is 13.9. The number of sulfonamides is 1. The molecule has 2 aromatic rings. The fourth-order valence-corrected chi connectivity index (χ4v) is 3.17. The molecule has 0 spiro atoms. The number of hydrogen-bond acceptors (Lipinski definition) is 6. The topological polar surface area (TPSA) is 134 Å². The summed E-state index contributed by atoms with van der Waals surface area (Å²) in [6.45, 7) is 0.899. The Labute approximate surface area is 168 Å². The molecule has 0 heterocycles. The molecule has 0 saturated carbocycles. The first-order valence-corrected chi connectivity index (χ1v) is 9.90. The van der Waals surface area contributed by atoms with Crippen LogP contribution in [0.4, 0.5) is 0 Å². The molecule has 0 aliphatic heterocycles. The van der Waals surface area contributed by atoms with Gasteiger partial charge in [-0.15, -0.1) is 0 Å². The van der Waals surface area contributed by atoms with Crippen LogP contribution >= 0.6 is 0 Å². The number of hydrogen-bond donors (Lipinski definition) is 2. The molecular formula is C20H18N2O6S. The van der Waals surface area contributed by atoms with Crippen molar-refractivity contribution in [3.05, 3.63) is 65.7 Å². The first-order valence-electron chi connectivity index (χ1n) is 8.41. The number of benzene rings is 2. The van der Waals surface area contributed by atoms with Gasteiger partial charge in [-0.1, -0.05) is 18.2 Å². The minimum Gasteiger partial charge on any atom is -0.480 e. The largest absolute Gasteiger partial charge is 0.480 e. The number of nitriles is 1. The second-order valence-electron chi connectivity index (χ2n) is 5.90. The number of rotatable bonds is 9. The molecular weight excluding hydrogens is 396 g/mol. The van der Waals surface area contributed by atoms with Crippen molar-refractivity contribution in [1.29, 1.82) is 5.26 Å². The highest BCUT2D eigenvalue weighted by atomic mass is 32.2. The van der Waals surface area contributed by atoms with E-state index < -0.39 is 28.6 Å². The van der Waals surface area contributed by atoms with Gasteiger partial charge in [0.1, 0.15) is 18.4 Å². The standard InChI is InChI=1S/C20H18N2O6S/c1-14(12-21)28-17-7-2-15(3-8-17)4-11-19(23)16-5-9-18(10-6-16)29(26,27)22-13-20(24)25/h2-11,14,22H,13H2,1H3,(H,24,25)/b11-4+. The Morgan fingerprint density at radius 1 is 1.17 bits per heavy atom. The van der Waals surface area contributed by atoms with Gasteiger partial charge in [-0.3, -0.25) is 9.59 Å². The molecule has 0 amide bonds. The number of ketones is 1. The van der Waals surface area contributed by atoms with Crippen LogP contribution < -0.4 is 9.46 Å². The molecule has 2 rings (SSSR count). The molecule has 0 aliphatic rings. The zero-order valence-corrected chi connectivity index (χ0v) is 16.2. The van der Waals surface area contributed by atoms with Gasteiger partial charge in [-0.25, -0.2) is 8.42 Å². The molecule has 0 aliphatic carbocycles. The van der Waals surface area contributed by atoms with Crippen molar-refractivity contribution in [2.75, 3.05) is 6.54 Å². The lowest BCUT2D eigenvalue weighted by Crippen LogP contribution is -2.29. The van der Waals surface area contributed by atoms with E-state index in [4.69, 9.17) is 15.1 Å². The van der Waals surface area contributed by atoms with E-state index >= 15 is 0 Å². The Hall–Kier alpha value is -3.48. The van der Waals surface area contributed by atoms with Crippen LogP contribution in [0.3, 0.4) is 0 Å². The van der Waals surface area contributed by atoms with Crippen molar-refractivity contribution in [2.24, 2.45) is 0 Å². The van der Waals surface area contributed by atoms with E-state index in [0.717, 1.165) is 5.56 Å². The van der Waals surface area contributed by atoms with E-state index in [-0.39, 0.29) is 16.2 Å². The molecule has 2 N–H and O–H groups in total. The number of nitrogens with one attached hydrogen (secondary N) is 1. The van der Waals surface area contributed by atoms with Crippen molar-refractivity contribution in [3.8, 4) is 11.8 Å². The number of nitrogens with zero attached hydrogens (tertiary/aromatic N) is 1. The number of ether oxygens (including phenoxy) is 1. The van der Waals surface area contributed by atoms with E-state index in [1.54, 1.807) is 37.3 Å². The third-order valence-electron chi connectivity index (χ3n) is 3.66. The lowest BCUT2D eigenvalue weighted by Gasteiger charge is -2.07. The predicted molar refractivity (Wildman–Crippen MR) is 105 cm³/mol. The summed E-state index contributed by atoms with van der Waals surface area (Å²) in [6.07, 6.45) is 2.38. The van der Waals surface area contributed by atoms with Crippen LogP contribution in [0.25, 0.3) is 6.08 Å². The second-order valence-corrected chi connectivity index (χ2v) is 7.67. The maximum absolute atomic E-state index is 12.3. The molecule has 1 atom stereocenters. The molecule has 0 bridgehead atoms. The Balaban J connectivity index is 2.04. The van der Waals surface area contributed by atoms with E-state index in [0.29, 0.717) is 5.75 Å². The average Bonchev–Trinajstić information content (AvgIpc) is 2.71. The smallest absolute Gasteiger partial charge is 0.318 e. The molecule has 9 heteroatoms. The first kappa shape index (κ1) is 21.8. The van der Waals surface area contributed by atoms with E-state index in [9.17, 15) is 18.0 Å². The summed E-state index contributed by atoms with van der Waals surface area (Å²) in [7, 11) is -3.96. The van der Waals surface area contributed by atoms with Gasteiger partial charge < -0.3 is 9.84 Å². The maximum atomic E-state index is 12.3. The highest BCUT2D eigenvalue weighted by Crippen LogP contribution is 2.16. The van der Waals surface area contributed by atoms with Gasteiger partial charge in [0, 0.05) is 5.56 Å². The molecule has 29 heavy (non-hydrogen) atoms. The van der Waals surface area contributed by atoms with Crippen LogP contribution in [-0.2, 0) is 14.8 Å². The Morgan fingerprint density at radius 2 is 1.79 bits per heavy atom. The Morgan fingerprint density at radius 3 is 2.34 bits per heavy atom. The number of carbonyl (C=O) groups excluding carboxylic acids is 1. The minimum atomic E-state index is -3.96. The van der Waals surface area contributed by atoms with Crippen molar-refractivity contribution < 1.29 is 27.9 Å². The number of carboxylic acid groups (broad SMARTS) is 1. The predicted octanol–water partition coefficient (Wildman–Crippen LogP) is 2.24. The van der Waals surface area contributed by atoms with Crippen molar-refractivity contribution >= 4 is 27.9 Å². The van der Waals surface area contributed by atoms with Gasteiger partial charge in [-0.2, -0.15) is 9.98 Å². The second kappa shape index (κ2) is 9.64. The summed E-state index contributed by atoms with van der Waals surface area (Å²) in [4.78, 5) is 22.6. The van der Waals surface area contributed by atoms with Crippen LogP contribution in [0.5, 0.6) is 5.75 Å². The average molecular weight is 414 g/mol. The van der Waals surface area contributed by atoms with Crippen molar-refractivity contribution in [2.45, 2.75) is 17.9 Å². The molecule has 2 aromatic carbocycles. The van der Waals surface area contributed by atoms with Gasteiger partial charge >= 0.3 is 5.97 Å². The van der Waals surface area contributed by atoms with Crippen LogP contribution in [0.15, 0.2) is 59.5 Å². The zero-order valence-electron chi connectivity index (χ0n) is 15.4. The fraction of sp³-hybridized carbons (Fsp3) is 0.150. The maximum Gasteiger partial charge on any atom is 0.318 e. The van der Waals surface area contributed by atoms with E-state index in [2.05, 4.69) is 0 Å². The molecule has 8 nitrogen and oxygen atoms in total. The molecule has 150 valence electrons. The summed E-state index contributed by atoms with van der Waals surface area (Å²) < 4.78 is 31.2. The van der Waals surface area contributed by atoms with Gasteiger partial charge in [0.25, 0.3) is 0 Å². The Bertz CT molecular complexity index is 1050. The molecule has 0 saturated heterocycles. The summed E-state index contributed by atoms with van der Waals surface area (Å²) >= 11 is 0. The zero-order chi connectivity index (χ0) is 21.4. The van der Waals surface area contributed by atoms with Crippen molar-refractivity contribution in [1.82, 2.24) is 4.72 Å². The van der Waals surface area contributed by atoms with Crippen LogP contribution in [0.2, 0.25) is 0 Å². The minimum absolute atomic E-state index is 0.138. The van der Waals surface area contributed by atoms with E-state index in [1.807, 2.05) is 10.8 Å². The number of allylic oxidation sites excluding steroid dienone is 1. The number of carbonyl (C=O) groups is 2. The quantitative estimate of drug-likeness (QED) is 0.475. The first-order chi connectivity index (χ1) is 13.7. The third-order valence-corrected chi connectivity index (χ3v) is 5.08. The SMILES string of the molecule is CC(C#N)Oc1ccc(/C=C/C(=O)c2ccc(S(=O)(=O)NCC(=O)O)cc2)cc1. The molecule has 1 unspecified atom stereocenters.